The first-order valence-corrected chi connectivity index (χ1v) is 6.13. The Hall–Kier alpha value is -1.66. The predicted molar refractivity (Wildman–Crippen MR) is 72.3 cm³/mol. The normalized spacial score (nSPS) is 11.3. The van der Waals surface area contributed by atoms with E-state index in [0.29, 0.717) is 25.4 Å². The van der Waals surface area contributed by atoms with Crippen molar-refractivity contribution in [1.29, 1.82) is 0 Å². The van der Waals surface area contributed by atoms with E-state index in [0.717, 1.165) is 0 Å². The molecule has 0 aliphatic heterocycles. The molecule has 0 radical (unpaired) electrons. The monoisotopic (exact) mass is 268 g/mol. The van der Waals surface area contributed by atoms with Crippen LogP contribution in [0.15, 0.2) is 24.3 Å². The van der Waals surface area contributed by atoms with Gasteiger partial charge in [0, 0.05) is 37.2 Å². The lowest BCUT2D eigenvalue weighted by Gasteiger charge is -2.21. The molecule has 6 heteroatoms. The first-order chi connectivity index (χ1) is 8.94. The third kappa shape index (κ3) is 5.67. The Kier molecular flexibility index (Phi) is 5.72. The number of nitro benzene ring substituents is 1. The van der Waals surface area contributed by atoms with Crippen molar-refractivity contribution in [3.63, 3.8) is 0 Å². The van der Waals surface area contributed by atoms with Gasteiger partial charge in [-0.2, -0.15) is 0 Å². The van der Waals surface area contributed by atoms with E-state index in [2.05, 4.69) is 5.32 Å². The van der Waals surface area contributed by atoms with Gasteiger partial charge in [-0.1, -0.05) is 13.8 Å². The van der Waals surface area contributed by atoms with Gasteiger partial charge in [-0.25, -0.2) is 0 Å². The molecule has 2 N–H and O–H groups in total. The van der Waals surface area contributed by atoms with Crippen molar-refractivity contribution in [2.45, 2.75) is 13.8 Å². The third-order valence-corrected chi connectivity index (χ3v) is 2.63. The van der Waals surface area contributed by atoms with Crippen molar-refractivity contribution in [2.75, 3.05) is 26.3 Å². The molecule has 0 spiro atoms. The standard InChI is InChI=1S/C13H20N2O4/c1-13(2,10-16)9-14-7-8-19-12-5-3-11(4-6-12)15(17)18/h3-6,14,16H,7-10H2,1-2H3. The zero-order chi connectivity index (χ0) is 14.3. The van der Waals surface area contributed by atoms with Crippen LogP contribution in [0.3, 0.4) is 0 Å². The smallest absolute Gasteiger partial charge is 0.269 e. The Morgan fingerprint density at radius 1 is 1.37 bits per heavy atom. The average molecular weight is 268 g/mol. The molecule has 19 heavy (non-hydrogen) atoms. The van der Waals surface area contributed by atoms with Crippen LogP contribution in [0.5, 0.6) is 5.75 Å². The highest BCUT2D eigenvalue weighted by Gasteiger charge is 2.15. The summed E-state index contributed by atoms with van der Waals surface area (Å²) in [7, 11) is 0. The van der Waals surface area contributed by atoms with Crippen molar-refractivity contribution in [3.05, 3.63) is 34.4 Å². The van der Waals surface area contributed by atoms with E-state index in [-0.39, 0.29) is 17.7 Å². The number of aliphatic hydroxyl groups excluding tert-OH is 1. The van der Waals surface area contributed by atoms with Crippen LogP contribution in [-0.4, -0.2) is 36.3 Å². The van der Waals surface area contributed by atoms with Crippen molar-refractivity contribution < 1.29 is 14.8 Å². The number of nitrogens with one attached hydrogen (secondary N) is 1. The first kappa shape index (κ1) is 15.4. The molecule has 0 fully saturated rings. The maximum atomic E-state index is 10.5. The summed E-state index contributed by atoms with van der Waals surface area (Å²) in [4.78, 5) is 10.0. The predicted octanol–water partition coefficient (Wildman–Crippen LogP) is 1.58. The molecule has 0 atom stereocenters. The van der Waals surface area contributed by atoms with Gasteiger partial charge < -0.3 is 15.2 Å². The molecule has 0 aliphatic rings. The second-order valence-corrected chi connectivity index (χ2v) is 5.10. The molecule has 0 heterocycles. The molecule has 0 unspecified atom stereocenters. The van der Waals surface area contributed by atoms with E-state index in [1.54, 1.807) is 12.1 Å². The lowest BCUT2D eigenvalue weighted by Crippen LogP contribution is -2.34. The summed E-state index contributed by atoms with van der Waals surface area (Å²) in [5, 5.41) is 22.7. The van der Waals surface area contributed by atoms with E-state index in [9.17, 15) is 10.1 Å². The molecular weight excluding hydrogens is 248 g/mol. The Labute approximate surface area is 112 Å². The Bertz CT molecular complexity index is 404. The van der Waals surface area contributed by atoms with Gasteiger partial charge in [0.05, 0.1) is 4.92 Å². The second kappa shape index (κ2) is 7.06. The minimum absolute atomic E-state index is 0.0511. The molecule has 1 aromatic carbocycles. The van der Waals surface area contributed by atoms with Crippen LogP contribution in [0, 0.1) is 15.5 Å². The molecule has 0 amide bonds. The number of hydrogen-bond acceptors (Lipinski definition) is 5. The third-order valence-electron chi connectivity index (χ3n) is 2.63. The SMILES string of the molecule is CC(C)(CO)CNCCOc1ccc([N+](=O)[O-])cc1. The van der Waals surface area contributed by atoms with Gasteiger partial charge >= 0.3 is 0 Å². The summed E-state index contributed by atoms with van der Waals surface area (Å²) >= 11 is 0. The number of nitrogens with zero attached hydrogens (tertiary/aromatic N) is 1. The van der Waals surface area contributed by atoms with Crippen LogP contribution in [-0.2, 0) is 0 Å². The van der Waals surface area contributed by atoms with Crippen LogP contribution >= 0.6 is 0 Å². The molecule has 0 aliphatic carbocycles. The number of benzene rings is 1. The summed E-state index contributed by atoms with van der Waals surface area (Å²) in [5.41, 5.74) is -0.0944. The summed E-state index contributed by atoms with van der Waals surface area (Å²) in [6.07, 6.45) is 0. The summed E-state index contributed by atoms with van der Waals surface area (Å²) < 4.78 is 5.44. The largest absolute Gasteiger partial charge is 0.492 e. The Morgan fingerprint density at radius 3 is 2.53 bits per heavy atom. The average Bonchev–Trinajstić information content (AvgIpc) is 2.39. The number of non-ortho nitro benzene ring substituents is 1. The molecule has 0 bridgehead atoms. The number of ether oxygens (including phenoxy) is 1. The topological polar surface area (TPSA) is 84.6 Å². The van der Waals surface area contributed by atoms with E-state index in [1.807, 2.05) is 13.8 Å². The minimum atomic E-state index is -0.442. The van der Waals surface area contributed by atoms with Crippen molar-refractivity contribution in [3.8, 4) is 5.75 Å². The lowest BCUT2D eigenvalue weighted by molar-refractivity contribution is -0.384. The number of nitro groups is 1. The van der Waals surface area contributed by atoms with Crippen LogP contribution in [0.2, 0.25) is 0 Å². The summed E-state index contributed by atoms with van der Waals surface area (Å²) in [6.45, 7) is 5.89. The van der Waals surface area contributed by atoms with Gasteiger partial charge in [-0.3, -0.25) is 10.1 Å². The second-order valence-electron chi connectivity index (χ2n) is 5.10. The van der Waals surface area contributed by atoms with Crippen molar-refractivity contribution in [2.24, 2.45) is 5.41 Å². The zero-order valence-corrected chi connectivity index (χ0v) is 11.3. The van der Waals surface area contributed by atoms with E-state index in [1.165, 1.54) is 12.1 Å². The molecule has 0 aromatic heterocycles. The Balaban J connectivity index is 2.24. The summed E-state index contributed by atoms with van der Waals surface area (Å²) in [5.74, 6) is 0.605. The highest BCUT2D eigenvalue weighted by molar-refractivity contribution is 5.35. The molecule has 1 rings (SSSR count). The molecular formula is C13H20N2O4. The van der Waals surface area contributed by atoms with Gasteiger partial charge in [-0.15, -0.1) is 0 Å². The number of rotatable bonds is 8. The van der Waals surface area contributed by atoms with E-state index >= 15 is 0 Å². The maximum Gasteiger partial charge on any atom is 0.269 e. The van der Waals surface area contributed by atoms with Crippen molar-refractivity contribution >= 4 is 5.69 Å². The quantitative estimate of drug-likeness (QED) is 0.425. The zero-order valence-electron chi connectivity index (χ0n) is 11.3. The molecule has 0 saturated heterocycles. The van der Waals surface area contributed by atoms with Gasteiger partial charge in [-0.05, 0) is 12.1 Å². The van der Waals surface area contributed by atoms with Crippen LogP contribution in [0.25, 0.3) is 0 Å². The highest BCUT2D eigenvalue weighted by Crippen LogP contribution is 2.17. The van der Waals surface area contributed by atoms with Crippen LogP contribution < -0.4 is 10.1 Å². The van der Waals surface area contributed by atoms with Crippen molar-refractivity contribution in [1.82, 2.24) is 5.32 Å². The minimum Gasteiger partial charge on any atom is -0.492 e. The fourth-order valence-corrected chi connectivity index (χ4v) is 1.39. The van der Waals surface area contributed by atoms with Gasteiger partial charge in [0.15, 0.2) is 0 Å². The highest BCUT2D eigenvalue weighted by atomic mass is 16.6. The van der Waals surface area contributed by atoms with Gasteiger partial charge in [0.25, 0.3) is 5.69 Å². The number of aliphatic hydroxyl groups is 1. The number of hydrogen-bond donors (Lipinski definition) is 2. The molecule has 6 nitrogen and oxygen atoms in total. The van der Waals surface area contributed by atoms with E-state index in [4.69, 9.17) is 9.84 Å². The Morgan fingerprint density at radius 2 is 2.00 bits per heavy atom. The summed E-state index contributed by atoms with van der Waals surface area (Å²) in [6, 6.07) is 5.99. The molecule has 1 aromatic rings. The van der Waals surface area contributed by atoms with Crippen LogP contribution in [0.1, 0.15) is 13.8 Å². The van der Waals surface area contributed by atoms with E-state index < -0.39 is 4.92 Å². The first-order valence-electron chi connectivity index (χ1n) is 6.13. The van der Waals surface area contributed by atoms with Crippen LogP contribution in [0.4, 0.5) is 5.69 Å². The van der Waals surface area contributed by atoms with Gasteiger partial charge in [0.2, 0.25) is 0 Å². The fraction of sp³-hybridized carbons (Fsp3) is 0.538. The molecule has 106 valence electrons. The maximum absolute atomic E-state index is 10.5. The lowest BCUT2D eigenvalue weighted by atomic mass is 9.95. The van der Waals surface area contributed by atoms with Gasteiger partial charge in [0.1, 0.15) is 12.4 Å². The molecule has 0 saturated carbocycles. The fourth-order valence-electron chi connectivity index (χ4n) is 1.39.